The van der Waals surface area contributed by atoms with Gasteiger partial charge in [0, 0.05) is 31.2 Å². The molecule has 188 valence electrons. The van der Waals surface area contributed by atoms with Gasteiger partial charge in [0.05, 0.1) is 41.6 Å². The van der Waals surface area contributed by atoms with Gasteiger partial charge in [0.15, 0.2) is 0 Å². The Kier molecular flexibility index (Phi) is 6.31. The zero-order chi connectivity index (χ0) is 25.4. The van der Waals surface area contributed by atoms with E-state index in [1.54, 1.807) is 0 Å². The lowest BCUT2D eigenvalue weighted by Crippen LogP contribution is -2.45. The minimum Gasteiger partial charge on any atom is -0.372 e. The molecule has 1 saturated heterocycles. The molecule has 1 aliphatic heterocycles. The number of anilines is 1. The normalized spacial score (nSPS) is 18.5. The molecule has 2 N–H and O–H groups in total. The van der Waals surface area contributed by atoms with Crippen LogP contribution in [0.5, 0.6) is 0 Å². The van der Waals surface area contributed by atoms with Crippen molar-refractivity contribution in [2.75, 3.05) is 24.2 Å². The molecule has 2 atom stereocenters. The van der Waals surface area contributed by atoms with Crippen LogP contribution in [0.1, 0.15) is 30.0 Å². The molecule has 0 bridgehead atoms. The molecule has 36 heavy (non-hydrogen) atoms. The maximum absolute atomic E-state index is 12.4. The maximum Gasteiger partial charge on any atom is 0.253 e. The Morgan fingerprint density at radius 3 is 2.58 bits per heavy atom. The van der Waals surface area contributed by atoms with E-state index in [2.05, 4.69) is 64.4 Å². The van der Waals surface area contributed by atoms with Gasteiger partial charge < -0.3 is 19.9 Å². The number of rotatable bonds is 6. The second-order valence-corrected chi connectivity index (χ2v) is 11.2. The first-order valence-corrected chi connectivity index (χ1v) is 13.7. The Morgan fingerprint density at radius 1 is 1.11 bits per heavy atom. The van der Waals surface area contributed by atoms with Crippen molar-refractivity contribution in [3.8, 4) is 11.1 Å². The highest BCUT2D eigenvalue weighted by Crippen LogP contribution is 2.28. The van der Waals surface area contributed by atoms with Crippen molar-refractivity contribution >= 4 is 32.7 Å². The number of hydrogen-bond donors (Lipinski definition) is 2. The number of benzene rings is 2. The van der Waals surface area contributed by atoms with E-state index < -0.39 is 10.0 Å². The number of amides is 1. The number of carbonyl (C=O) groups excluding carboxylic acids is 1. The molecule has 4 aromatic rings. The number of morpholine rings is 1. The molecule has 1 amide bonds. The van der Waals surface area contributed by atoms with Crippen molar-refractivity contribution in [2.24, 2.45) is 0 Å². The number of ether oxygens (including phenoxy) is 1. The average molecular weight is 508 g/mol. The molecule has 5 rings (SSSR count). The molecule has 1 unspecified atom stereocenters. The van der Waals surface area contributed by atoms with E-state index in [4.69, 9.17) is 4.74 Å². The minimum atomic E-state index is -3.43. The van der Waals surface area contributed by atoms with Crippen molar-refractivity contribution in [1.82, 2.24) is 19.3 Å². The average Bonchev–Trinajstić information content (AvgIpc) is 3.49. The summed E-state index contributed by atoms with van der Waals surface area (Å²) in [4.78, 5) is 22.7. The highest BCUT2D eigenvalue weighted by molar-refractivity contribution is 7.89. The third-order valence-corrected chi connectivity index (χ3v) is 7.22. The van der Waals surface area contributed by atoms with Gasteiger partial charge in [0.2, 0.25) is 10.0 Å². The number of aromatic amines is 1. The first-order valence-electron chi connectivity index (χ1n) is 11.8. The number of H-pyrrole nitrogens is 1. The predicted molar refractivity (Wildman–Crippen MR) is 140 cm³/mol. The van der Waals surface area contributed by atoms with Crippen LogP contribution in [0, 0.1) is 0 Å². The predicted octanol–water partition coefficient (Wildman–Crippen LogP) is 3.38. The summed E-state index contributed by atoms with van der Waals surface area (Å²) in [5.74, 6) is 0.241. The SMILES string of the molecule is CC1CN(c2cccc(-c3ccc4nc(CNC(=O)c5ccn(S(C)(=O)=O)c5)[nH]c4c3)c2)C[C@@H](C)O1. The molecule has 2 aromatic heterocycles. The van der Waals surface area contributed by atoms with Crippen LogP contribution in [0.2, 0.25) is 0 Å². The summed E-state index contributed by atoms with van der Waals surface area (Å²) >= 11 is 0. The molecular formula is C26H29N5O4S. The number of nitrogens with zero attached hydrogens (tertiary/aromatic N) is 3. The van der Waals surface area contributed by atoms with E-state index >= 15 is 0 Å². The summed E-state index contributed by atoms with van der Waals surface area (Å²) in [6.07, 6.45) is 4.11. The minimum absolute atomic E-state index is 0.190. The molecule has 9 nitrogen and oxygen atoms in total. The lowest BCUT2D eigenvalue weighted by Gasteiger charge is -2.37. The Labute approximate surface area is 210 Å². The van der Waals surface area contributed by atoms with Gasteiger partial charge in [-0.05, 0) is 55.3 Å². The fraction of sp³-hybridized carbons (Fsp3) is 0.308. The lowest BCUT2D eigenvalue weighted by atomic mass is 10.0. The Balaban J connectivity index is 1.30. The Bertz CT molecular complexity index is 1510. The highest BCUT2D eigenvalue weighted by Gasteiger charge is 2.22. The van der Waals surface area contributed by atoms with Gasteiger partial charge in [-0.2, -0.15) is 0 Å². The molecular weight excluding hydrogens is 478 g/mol. The second kappa shape index (κ2) is 9.44. The Morgan fingerprint density at radius 2 is 1.86 bits per heavy atom. The van der Waals surface area contributed by atoms with Crippen LogP contribution in [0.25, 0.3) is 22.2 Å². The molecule has 2 aromatic carbocycles. The van der Waals surface area contributed by atoms with Crippen LogP contribution in [0.4, 0.5) is 5.69 Å². The molecule has 1 aliphatic rings. The van der Waals surface area contributed by atoms with Crippen LogP contribution >= 0.6 is 0 Å². The van der Waals surface area contributed by atoms with E-state index in [0.29, 0.717) is 5.82 Å². The topological polar surface area (TPSA) is 109 Å². The van der Waals surface area contributed by atoms with Gasteiger partial charge in [0.1, 0.15) is 5.82 Å². The largest absolute Gasteiger partial charge is 0.372 e. The second-order valence-electron chi connectivity index (χ2n) is 9.30. The van der Waals surface area contributed by atoms with Gasteiger partial charge in [-0.3, -0.25) is 8.77 Å². The van der Waals surface area contributed by atoms with Gasteiger partial charge in [-0.15, -0.1) is 0 Å². The van der Waals surface area contributed by atoms with Crippen LogP contribution in [-0.4, -0.2) is 59.8 Å². The number of carbonyl (C=O) groups is 1. The smallest absolute Gasteiger partial charge is 0.253 e. The summed E-state index contributed by atoms with van der Waals surface area (Å²) in [5.41, 5.74) is 5.30. The third-order valence-electron chi connectivity index (χ3n) is 6.22. The quantitative estimate of drug-likeness (QED) is 0.414. The first-order chi connectivity index (χ1) is 17.2. The Hall–Kier alpha value is -3.63. The third kappa shape index (κ3) is 5.14. The van der Waals surface area contributed by atoms with Crippen LogP contribution in [-0.2, 0) is 21.3 Å². The van der Waals surface area contributed by atoms with Crippen molar-refractivity contribution in [3.05, 3.63) is 72.3 Å². The lowest BCUT2D eigenvalue weighted by molar-refractivity contribution is -0.00521. The van der Waals surface area contributed by atoms with Gasteiger partial charge >= 0.3 is 0 Å². The number of imidazole rings is 1. The molecule has 10 heteroatoms. The summed E-state index contributed by atoms with van der Waals surface area (Å²) in [6.45, 7) is 6.12. The zero-order valence-corrected chi connectivity index (χ0v) is 21.2. The molecule has 0 radical (unpaired) electrons. The fourth-order valence-corrected chi connectivity index (χ4v) is 5.17. The van der Waals surface area contributed by atoms with E-state index in [1.165, 1.54) is 24.1 Å². The summed E-state index contributed by atoms with van der Waals surface area (Å²) in [7, 11) is -3.43. The number of nitrogens with one attached hydrogen (secondary N) is 2. The maximum atomic E-state index is 12.4. The first kappa shape index (κ1) is 24.1. The van der Waals surface area contributed by atoms with Crippen LogP contribution < -0.4 is 10.2 Å². The van der Waals surface area contributed by atoms with Gasteiger partial charge in [-0.1, -0.05) is 18.2 Å². The zero-order valence-electron chi connectivity index (χ0n) is 20.4. The molecule has 1 fully saturated rings. The molecule has 0 aliphatic carbocycles. The highest BCUT2D eigenvalue weighted by atomic mass is 32.2. The van der Waals surface area contributed by atoms with Gasteiger partial charge in [-0.25, -0.2) is 13.4 Å². The van der Waals surface area contributed by atoms with Crippen LogP contribution in [0.3, 0.4) is 0 Å². The number of aromatic nitrogens is 3. The summed E-state index contributed by atoms with van der Waals surface area (Å²) < 4.78 is 30.1. The van der Waals surface area contributed by atoms with Crippen LogP contribution in [0.15, 0.2) is 60.9 Å². The molecule has 0 spiro atoms. The van der Waals surface area contributed by atoms with E-state index in [9.17, 15) is 13.2 Å². The fourth-order valence-electron chi connectivity index (χ4n) is 4.58. The van der Waals surface area contributed by atoms with Crippen molar-refractivity contribution in [3.63, 3.8) is 0 Å². The molecule has 3 heterocycles. The molecule has 0 saturated carbocycles. The van der Waals surface area contributed by atoms with Gasteiger partial charge in [0.25, 0.3) is 5.91 Å². The van der Waals surface area contributed by atoms with E-state index in [-0.39, 0.29) is 30.2 Å². The standard InChI is InChI=1S/C26H29N5O4S/c1-17-14-30(15-18(2)35-17)22-6-4-5-19(11-22)20-7-8-23-24(12-20)29-25(28-23)13-27-26(32)21-9-10-31(16-21)36(3,33)34/h4-12,16-18H,13-15H2,1-3H3,(H,27,32)(H,28,29)/t17-,18?/m1/s1. The van der Waals surface area contributed by atoms with E-state index in [1.807, 2.05) is 12.1 Å². The van der Waals surface area contributed by atoms with Crippen molar-refractivity contribution in [2.45, 2.75) is 32.6 Å². The summed E-state index contributed by atoms with van der Waals surface area (Å²) in [5, 5.41) is 2.78. The monoisotopic (exact) mass is 507 g/mol. The van der Waals surface area contributed by atoms with Crippen molar-refractivity contribution < 1.29 is 17.9 Å². The number of hydrogen-bond acceptors (Lipinski definition) is 6. The number of fused-ring (bicyclic) bond motifs is 1. The van der Waals surface area contributed by atoms with E-state index in [0.717, 1.165) is 45.5 Å². The van der Waals surface area contributed by atoms with Crippen molar-refractivity contribution in [1.29, 1.82) is 0 Å². The summed E-state index contributed by atoms with van der Waals surface area (Å²) in [6, 6.07) is 16.0.